The molecular weight excluding hydrogens is 204 g/mol. The molecule has 1 aromatic heterocycles. The first kappa shape index (κ1) is 10.6. The average molecular weight is 218 g/mol. The van der Waals surface area contributed by atoms with Gasteiger partial charge in [-0.25, -0.2) is 0 Å². The summed E-state index contributed by atoms with van der Waals surface area (Å²) in [6.45, 7) is 4.79. The summed E-state index contributed by atoms with van der Waals surface area (Å²) in [6.07, 6.45) is 0. The van der Waals surface area contributed by atoms with Crippen LogP contribution in [0.25, 0.3) is 11.0 Å². The molecule has 5 nitrogen and oxygen atoms in total. The summed E-state index contributed by atoms with van der Waals surface area (Å²) < 4.78 is 0. The van der Waals surface area contributed by atoms with Gasteiger partial charge in [-0.05, 0) is 24.1 Å². The Bertz CT molecular complexity index is 503. The zero-order chi connectivity index (χ0) is 11.5. The maximum atomic E-state index is 11.7. The van der Waals surface area contributed by atoms with Crippen molar-refractivity contribution in [3.05, 3.63) is 23.8 Å². The molecule has 2 aromatic rings. The molecule has 0 radical (unpaired) electrons. The Morgan fingerprint density at radius 1 is 1.38 bits per heavy atom. The highest BCUT2D eigenvalue weighted by Crippen LogP contribution is 2.10. The summed E-state index contributed by atoms with van der Waals surface area (Å²) in [4.78, 5) is 11.7. The van der Waals surface area contributed by atoms with Gasteiger partial charge in [0, 0.05) is 12.1 Å². The van der Waals surface area contributed by atoms with Gasteiger partial charge in [-0.2, -0.15) is 15.4 Å². The van der Waals surface area contributed by atoms with Crippen molar-refractivity contribution in [1.82, 2.24) is 20.7 Å². The first-order valence-electron chi connectivity index (χ1n) is 5.25. The fourth-order valence-corrected chi connectivity index (χ4v) is 1.38. The number of aromatic nitrogens is 3. The van der Waals surface area contributed by atoms with E-state index < -0.39 is 0 Å². The Labute approximate surface area is 93.2 Å². The first-order valence-corrected chi connectivity index (χ1v) is 5.25. The van der Waals surface area contributed by atoms with E-state index in [0.717, 1.165) is 5.52 Å². The van der Waals surface area contributed by atoms with Gasteiger partial charge in [-0.15, -0.1) is 0 Å². The van der Waals surface area contributed by atoms with Crippen molar-refractivity contribution in [2.24, 2.45) is 5.92 Å². The maximum Gasteiger partial charge on any atom is 0.251 e. The predicted octanol–water partition coefficient (Wildman–Crippen LogP) is 1.34. The number of fused-ring (bicyclic) bond motifs is 1. The van der Waals surface area contributed by atoms with Crippen molar-refractivity contribution in [2.75, 3.05) is 6.54 Å². The van der Waals surface area contributed by atoms with Crippen LogP contribution in [0.3, 0.4) is 0 Å². The molecule has 0 saturated heterocycles. The van der Waals surface area contributed by atoms with Crippen LogP contribution in [0, 0.1) is 5.92 Å². The summed E-state index contributed by atoms with van der Waals surface area (Å²) >= 11 is 0. The van der Waals surface area contributed by atoms with Crippen LogP contribution in [0.5, 0.6) is 0 Å². The molecule has 2 rings (SSSR count). The molecule has 0 spiro atoms. The van der Waals surface area contributed by atoms with Crippen LogP contribution in [-0.2, 0) is 0 Å². The third-order valence-corrected chi connectivity index (χ3v) is 2.25. The quantitative estimate of drug-likeness (QED) is 0.816. The highest BCUT2D eigenvalue weighted by Gasteiger charge is 2.07. The van der Waals surface area contributed by atoms with E-state index in [2.05, 4.69) is 34.6 Å². The third-order valence-electron chi connectivity index (χ3n) is 2.25. The minimum atomic E-state index is -0.0707. The second-order valence-electron chi connectivity index (χ2n) is 4.13. The number of aromatic amines is 1. The van der Waals surface area contributed by atoms with Crippen molar-refractivity contribution in [2.45, 2.75) is 13.8 Å². The largest absolute Gasteiger partial charge is 0.352 e. The number of nitrogens with zero attached hydrogens (tertiary/aromatic N) is 2. The highest BCUT2D eigenvalue weighted by molar-refractivity contribution is 5.97. The van der Waals surface area contributed by atoms with Crippen LogP contribution in [0.1, 0.15) is 24.2 Å². The molecule has 0 fully saturated rings. The van der Waals surface area contributed by atoms with E-state index in [4.69, 9.17) is 0 Å². The van der Waals surface area contributed by atoms with Gasteiger partial charge in [0.05, 0.1) is 0 Å². The van der Waals surface area contributed by atoms with E-state index in [-0.39, 0.29) is 5.91 Å². The second kappa shape index (κ2) is 4.30. The number of carbonyl (C=O) groups excluding carboxylic acids is 1. The van der Waals surface area contributed by atoms with Gasteiger partial charge < -0.3 is 5.32 Å². The van der Waals surface area contributed by atoms with E-state index in [1.54, 1.807) is 18.2 Å². The number of hydrogen-bond donors (Lipinski definition) is 2. The molecule has 0 bridgehead atoms. The van der Waals surface area contributed by atoms with E-state index in [1.807, 2.05) is 0 Å². The molecule has 16 heavy (non-hydrogen) atoms. The number of H-pyrrole nitrogens is 1. The fraction of sp³-hybridized carbons (Fsp3) is 0.364. The second-order valence-corrected chi connectivity index (χ2v) is 4.13. The summed E-state index contributed by atoms with van der Waals surface area (Å²) in [5.74, 6) is 0.373. The van der Waals surface area contributed by atoms with Gasteiger partial charge in [0.2, 0.25) is 0 Å². The average Bonchev–Trinajstić information content (AvgIpc) is 2.72. The molecule has 84 valence electrons. The molecular formula is C11H14N4O. The Kier molecular flexibility index (Phi) is 2.85. The van der Waals surface area contributed by atoms with Gasteiger partial charge in [-0.1, -0.05) is 13.8 Å². The molecule has 0 aliphatic rings. The van der Waals surface area contributed by atoms with Gasteiger partial charge >= 0.3 is 0 Å². The Hall–Kier alpha value is -1.91. The van der Waals surface area contributed by atoms with Crippen molar-refractivity contribution in [3.63, 3.8) is 0 Å². The van der Waals surface area contributed by atoms with Crippen LogP contribution in [-0.4, -0.2) is 27.9 Å². The standard InChI is InChI=1S/C11H14N4O/c1-7(2)6-12-11(16)8-3-4-9-10(5-8)14-15-13-9/h3-5,7H,6H2,1-2H3,(H,12,16)(H,13,14,15). The molecule has 1 heterocycles. The number of amides is 1. The summed E-state index contributed by atoms with van der Waals surface area (Å²) in [5.41, 5.74) is 2.08. The van der Waals surface area contributed by atoms with Crippen LogP contribution in [0.2, 0.25) is 0 Å². The zero-order valence-electron chi connectivity index (χ0n) is 9.32. The van der Waals surface area contributed by atoms with Crippen molar-refractivity contribution < 1.29 is 4.79 Å². The lowest BCUT2D eigenvalue weighted by molar-refractivity contribution is 0.0949. The molecule has 0 atom stereocenters. The normalized spacial score (nSPS) is 10.9. The van der Waals surface area contributed by atoms with Gasteiger partial charge in [-0.3, -0.25) is 4.79 Å². The van der Waals surface area contributed by atoms with Crippen molar-refractivity contribution in [1.29, 1.82) is 0 Å². The Morgan fingerprint density at radius 2 is 2.12 bits per heavy atom. The van der Waals surface area contributed by atoms with Crippen LogP contribution in [0.4, 0.5) is 0 Å². The fourth-order valence-electron chi connectivity index (χ4n) is 1.38. The van der Waals surface area contributed by atoms with Crippen molar-refractivity contribution in [3.8, 4) is 0 Å². The SMILES string of the molecule is CC(C)CNC(=O)c1ccc2n[nH]nc2c1. The lowest BCUT2D eigenvalue weighted by Gasteiger charge is -2.07. The lowest BCUT2D eigenvalue weighted by atomic mass is 10.1. The van der Waals surface area contributed by atoms with Crippen LogP contribution >= 0.6 is 0 Å². The topological polar surface area (TPSA) is 70.7 Å². The zero-order valence-corrected chi connectivity index (χ0v) is 9.32. The van der Waals surface area contributed by atoms with Gasteiger partial charge in [0.15, 0.2) is 0 Å². The van der Waals surface area contributed by atoms with Gasteiger partial charge in [0.25, 0.3) is 5.91 Å². The van der Waals surface area contributed by atoms with E-state index >= 15 is 0 Å². The molecule has 1 aromatic carbocycles. The Morgan fingerprint density at radius 3 is 2.88 bits per heavy atom. The lowest BCUT2D eigenvalue weighted by Crippen LogP contribution is -2.27. The summed E-state index contributed by atoms with van der Waals surface area (Å²) in [7, 11) is 0. The summed E-state index contributed by atoms with van der Waals surface area (Å²) in [6, 6.07) is 5.26. The van der Waals surface area contributed by atoms with Crippen LogP contribution in [0.15, 0.2) is 18.2 Å². The van der Waals surface area contributed by atoms with Crippen molar-refractivity contribution >= 4 is 16.9 Å². The minimum Gasteiger partial charge on any atom is -0.352 e. The smallest absolute Gasteiger partial charge is 0.251 e. The van der Waals surface area contributed by atoms with E-state index in [0.29, 0.717) is 23.5 Å². The van der Waals surface area contributed by atoms with Crippen LogP contribution < -0.4 is 5.32 Å². The highest BCUT2D eigenvalue weighted by atomic mass is 16.1. The van der Waals surface area contributed by atoms with E-state index in [1.165, 1.54) is 0 Å². The summed E-state index contributed by atoms with van der Waals surface area (Å²) in [5, 5.41) is 13.2. The molecule has 0 aliphatic heterocycles. The monoisotopic (exact) mass is 218 g/mol. The molecule has 2 N–H and O–H groups in total. The number of carbonyl (C=O) groups is 1. The maximum absolute atomic E-state index is 11.7. The number of nitrogens with one attached hydrogen (secondary N) is 2. The number of benzene rings is 1. The molecule has 0 saturated carbocycles. The molecule has 0 aliphatic carbocycles. The van der Waals surface area contributed by atoms with E-state index in [9.17, 15) is 4.79 Å². The predicted molar refractivity (Wildman–Crippen MR) is 61.1 cm³/mol. The van der Waals surface area contributed by atoms with Gasteiger partial charge in [0.1, 0.15) is 11.0 Å². The number of hydrogen-bond acceptors (Lipinski definition) is 3. The Balaban J connectivity index is 2.16. The third kappa shape index (κ3) is 2.18. The molecule has 1 amide bonds. The number of rotatable bonds is 3. The molecule has 5 heteroatoms. The molecule has 0 unspecified atom stereocenters. The first-order chi connectivity index (χ1) is 7.66. The minimum absolute atomic E-state index is 0.0707.